The molecule has 0 aliphatic carbocycles. The smallest absolute Gasteiger partial charge is 0.128 e. The summed E-state index contributed by atoms with van der Waals surface area (Å²) in [6.45, 7) is 2.81. The van der Waals surface area contributed by atoms with Gasteiger partial charge < -0.3 is 15.2 Å². The molecule has 0 aliphatic heterocycles. The van der Waals surface area contributed by atoms with Gasteiger partial charge in [0.2, 0.25) is 0 Å². The van der Waals surface area contributed by atoms with Crippen LogP contribution < -0.4 is 15.2 Å². The van der Waals surface area contributed by atoms with Gasteiger partial charge in [0.25, 0.3) is 0 Å². The Balaban J connectivity index is 3.10. The average molecular weight is 223 g/mol. The predicted octanol–water partition coefficient (Wildman–Crippen LogP) is 2.16. The second-order valence-electron chi connectivity index (χ2n) is 3.68. The van der Waals surface area contributed by atoms with Gasteiger partial charge in [-0.25, -0.2) is 0 Å². The van der Waals surface area contributed by atoms with E-state index in [0.29, 0.717) is 6.54 Å². The fourth-order valence-corrected chi connectivity index (χ4v) is 1.93. The summed E-state index contributed by atoms with van der Waals surface area (Å²) in [4.78, 5) is 0. The zero-order valence-corrected chi connectivity index (χ0v) is 10.4. The lowest BCUT2D eigenvalue weighted by molar-refractivity contribution is 0.382. The highest BCUT2D eigenvalue weighted by Crippen LogP contribution is 2.33. The van der Waals surface area contributed by atoms with Crippen LogP contribution in [0.4, 0.5) is 0 Å². The molecule has 0 aliphatic rings. The first kappa shape index (κ1) is 12.8. The number of rotatable bonds is 6. The Morgan fingerprint density at radius 2 is 1.94 bits per heavy atom. The number of nitrogens with two attached hydrogens (primary N) is 1. The minimum atomic E-state index is 0.705. The van der Waals surface area contributed by atoms with Crippen LogP contribution in [-0.4, -0.2) is 20.8 Å². The van der Waals surface area contributed by atoms with E-state index in [4.69, 9.17) is 15.2 Å². The highest BCUT2D eigenvalue weighted by atomic mass is 16.5. The molecule has 0 amide bonds. The largest absolute Gasteiger partial charge is 0.496 e. The van der Waals surface area contributed by atoms with Crippen molar-refractivity contribution in [2.75, 3.05) is 20.8 Å². The first-order valence-electron chi connectivity index (χ1n) is 5.71. The molecule has 0 fully saturated rings. The minimum absolute atomic E-state index is 0.705. The van der Waals surface area contributed by atoms with E-state index in [1.807, 2.05) is 6.07 Å². The lowest BCUT2D eigenvalue weighted by Crippen LogP contribution is -2.04. The van der Waals surface area contributed by atoms with E-state index in [9.17, 15) is 0 Å². The lowest BCUT2D eigenvalue weighted by atomic mass is 10.0. The molecular weight excluding hydrogens is 202 g/mol. The normalized spacial score (nSPS) is 10.2. The van der Waals surface area contributed by atoms with Crippen molar-refractivity contribution in [2.45, 2.75) is 26.2 Å². The Morgan fingerprint density at radius 1 is 1.19 bits per heavy atom. The van der Waals surface area contributed by atoms with Crippen molar-refractivity contribution in [1.29, 1.82) is 0 Å². The van der Waals surface area contributed by atoms with Crippen molar-refractivity contribution in [3.63, 3.8) is 0 Å². The minimum Gasteiger partial charge on any atom is -0.496 e. The molecule has 3 nitrogen and oxygen atoms in total. The zero-order chi connectivity index (χ0) is 12.0. The fourth-order valence-electron chi connectivity index (χ4n) is 1.93. The van der Waals surface area contributed by atoms with Gasteiger partial charge >= 0.3 is 0 Å². The molecule has 1 aromatic rings. The van der Waals surface area contributed by atoms with Gasteiger partial charge in [-0.2, -0.15) is 0 Å². The van der Waals surface area contributed by atoms with Gasteiger partial charge in [-0.05, 0) is 37.4 Å². The summed E-state index contributed by atoms with van der Waals surface area (Å²) in [6, 6.07) is 4.07. The molecule has 1 aromatic carbocycles. The maximum absolute atomic E-state index is 5.53. The summed E-state index contributed by atoms with van der Waals surface area (Å²) in [5.74, 6) is 1.85. The monoisotopic (exact) mass is 223 g/mol. The van der Waals surface area contributed by atoms with Crippen LogP contribution in [0.2, 0.25) is 0 Å². The van der Waals surface area contributed by atoms with Crippen molar-refractivity contribution in [3.05, 3.63) is 23.3 Å². The van der Waals surface area contributed by atoms with E-state index >= 15 is 0 Å². The SMILES string of the molecule is CCc1c(OC)ccc(CCCN)c1OC. The topological polar surface area (TPSA) is 44.5 Å². The first-order valence-corrected chi connectivity index (χ1v) is 5.71. The van der Waals surface area contributed by atoms with Crippen LogP contribution in [0.25, 0.3) is 0 Å². The summed E-state index contributed by atoms with van der Waals surface area (Å²) in [6.07, 6.45) is 2.84. The molecule has 0 spiro atoms. The van der Waals surface area contributed by atoms with E-state index in [0.717, 1.165) is 36.3 Å². The number of hydrogen-bond acceptors (Lipinski definition) is 3. The molecule has 0 saturated carbocycles. The van der Waals surface area contributed by atoms with Crippen LogP contribution in [0.5, 0.6) is 11.5 Å². The van der Waals surface area contributed by atoms with Crippen LogP contribution in [0.1, 0.15) is 24.5 Å². The third-order valence-corrected chi connectivity index (χ3v) is 2.73. The van der Waals surface area contributed by atoms with E-state index in [-0.39, 0.29) is 0 Å². The second kappa shape index (κ2) is 6.38. The van der Waals surface area contributed by atoms with Gasteiger partial charge in [0.1, 0.15) is 11.5 Å². The summed E-state index contributed by atoms with van der Waals surface area (Å²) in [7, 11) is 3.40. The van der Waals surface area contributed by atoms with Gasteiger partial charge in [-0.3, -0.25) is 0 Å². The molecule has 0 aromatic heterocycles. The van der Waals surface area contributed by atoms with Gasteiger partial charge in [0, 0.05) is 5.56 Å². The van der Waals surface area contributed by atoms with Crippen LogP contribution in [0.3, 0.4) is 0 Å². The maximum atomic E-state index is 5.53. The predicted molar refractivity (Wildman–Crippen MR) is 66.3 cm³/mol. The van der Waals surface area contributed by atoms with Crippen molar-refractivity contribution in [1.82, 2.24) is 0 Å². The third kappa shape index (κ3) is 2.67. The Kier molecular flexibility index (Phi) is 5.12. The quantitative estimate of drug-likeness (QED) is 0.803. The summed E-state index contributed by atoms with van der Waals surface area (Å²) >= 11 is 0. The molecule has 0 bridgehead atoms. The number of methoxy groups -OCH3 is 2. The van der Waals surface area contributed by atoms with Gasteiger partial charge in [-0.1, -0.05) is 13.0 Å². The van der Waals surface area contributed by atoms with Crippen LogP contribution in [0.15, 0.2) is 12.1 Å². The highest BCUT2D eigenvalue weighted by Gasteiger charge is 2.12. The number of hydrogen-bond donors (Lipinski definition) is 1. The summed E-state index contributed by atoms with van der Waals surface area (Å²) in [5, 5.41) is 0. The van der Waals surface area contributed by atoms with Gasteiger partial charge in [0.15, 0.2) is 0 Å². The maximum Gasteiger partial charge on any atom is 0.128 e. The molecule has 90 valence electrons. The fraction of sp³-hybridized carbons (Fsp3) is 0.538. The number of aryl methyl sites for hydroxylation is 1. The van der Waals surface area contributed by atoms with Crippen LogP contribution in [-0.2, 0) is 12.8 Å². The summed E-state index contributed by atoms with van der Waals surface area (Å²) < 4.78 is 10.8. The molecule has 0 atom stereocenters. The zero-order valence-electron chi connectivity index (χ0n) is 10.4. The second-order valence-corrected chi connectivity index (χ2v) is 3.68. The molecule has 1 rings (SSSR count). The van der Waals surface area contributed by atoms with Crippen molar-refractivity contribution < 1.29 is 9.47 Å². The Labute approximate surface area is 97.6 Å². The summed E-state index contributed by atoms with van der Waals surface area (Å²) in [5.41, 5.74) is 7.88. The molecule has 3 heteroatoms. The van der Waals surface area contributed by atoms with Gasteiger partial charge in [-0.15, -0.1) is 0 Å². The van der Waals surface area contributed by atoms with Crippen molar-refractivity contribution >= 4 is 0 Å². The number of ether oxygens (including phenoxy) is 2. The van der Waals surface area contributed by atoms with E-state index in [1.165, 1.54) is 5.56 Å². The Hall–Kier alpha value is -1.22. The van der Waals surface area contributed by atoms with Gasteiger partial charge in [0.05, 0.1) is 14.2 Å². The molecule has 0 heterocycles. The molecule has 0 radical (unpaired) electrons. The lowest BCUT2D eigenvalue weighted by Gasteiger charge is -2.15. The number of benzene rings is 1. The standard InChI is InChI=1S/C13H21NO2/c1-4-11-12(15-2)8-7-10(6-5-9-14)13(11)16-3/h7-8H,4-6,9,14H2,1-3H3. The van der Waals surface area contributed by atoms with Crippen molar-refractivity contribution in [3.8, 4) is 11.5 Å². The Morgan fingerprint density at radius 3 is 2.44 bits per heavy atom. The highest BCUT2D eigenvalue weighted by molar-refractivity contribution is 5.50. The molecule has 16 heavy (non-hydrogen) atoms. The van der Waals surface area contributed by atoms with Crippen LogP contribution in [0, 0.1) is 0 Å². The average Bonchev–Trinajstić information content (AvgIpc) is 2.34. The van der Waals surface area contributed by atoms with E-state index in [1.54, 1.807) is 14.2 Å². The molecule has 2 N–H and O–H groups in total. The van der Waals surface area contributed by atoms with E-state index < -0.39 is 0 Å². The third-order valence-electron chi connectivity index (χ3n) is 2.73. The first-order chi connectivity index (χ1) is 7.78. The van der Waals surface area contributed by atoms with E-state index in [2.05, 4.69) is 13.0 Å². The molecular formula is C13H21NO2. The Bertz CT molecular complexity index is 337. The van der Waals surface area contributed by atoms with Crippen molar-refractivity contribution in [2.24, 2.45) is 5.73 Å². The molecule has 0 saturated heterocycles. The molecule has 0 unspecified atom stereocenters. The van der Waals surface area contributed by atoms with Crippen LogP contribution >= 0.6 is 0 Å².